The predicted octanol–water partition coefficient (Wildman–Crippen LogP) is 13.5. The summed E-state index contributed by atoms with van der Waals surface area (Å²) < 4.78 is 0. The van der Waals surface area contributed by atoms with Crippen LogP contribution in [0, 0.1) is 0 Å². The summed E-state index contributed by atoms with van der Waals surface area (Å²) in [5, 5.41) is 4.80. The summed E-state index contributed by atoms with van der Waals surface area (Å²) in [6.07, 6.45) is 5.59. The normalized spacial score (nSPS) is 11.3. The Kier molecular flexibility index (Phi) is 8.12. The van der Waals surface area contributed by atoms with Crippen LogP contribution in [0.5, 0.6) is 0 Å². The van der Waals surface area contributed by atoms with Gasteiger partial charge in [-0.3, -0.25) is 9.97 Å². The SMILES string of the molecule is c1ccc(-c2cc(-c3ccc(N(c4ccc(-c5ccc6ccccc6c5)cc4)c4ccc(-c5ccc6ccncc6c5)cc4)cc3)nc3cccnc23)cc1. The molecule has 0 aliphatic carbocycles. The minimum Gasteiger partial charge on any atom is -0.311 e. The molecule has 4 nitrogen and oxygen atoms in total. The molecular formula is C51H34N4. The molecule has 0 aliphatic heterocycles. The maximum atomic E-state index is 5.06. The first-order valence-corrected chi connectivity index (χ1v) is 18.5. The van der Waals surface area contributed by atoms with Crippen LogP contribution >= 0.6 is 0 Å². The van der Waals surface area contributed by atoms with Gasteiger partial charge >= 0.3 is 0 Å². The van der Waals surface area contributed by atoms with Crippen molar-refractivity contribution < 1.29 is 0 Å². The van der Waals surface area contributed by atoms with Gasteiger partial charge in [-0.15, -0.1) is 0 Å². The Bertz CT molecular complexity index is 2830. The van der Waals surface area contributed by atoms with Crippen LogP contribution in [0.1, 0.15) is 0 Å². The van der Waals surface area contributed by atoms with Gasteiger partial charge in [0.15, 0.2) is 0 Å². The van der Waals surface area contributed by atoms with Gasteiger partial charge in [0, 0.05) is 52.2 Å². The Hall–Kier alpha value is -7.43. The number of benzene rings is 7. The van der Waals surface area contributed by atoms with Crippen LogP contribution in [0.15, 0.2) is 207 Å². The number of rotatable bonds is 7. The van der Waals surface area contributed by atoms with Gasteiger partial charge in [0.1, 0.15) is 0 Å². The Labute approximate surface area is 319 Å². The smallest absolute Gasteiger partial charge is 0.0965 e. The second-order valence-corrected chi connectivity index (χ2v) is 13.8. The molecule has 0 unspecified atom stereocenters. The standard InChI is InChI=1S/C51H34N4/c1-2-8-39(9-3-1)48-33-50(54-49-11-6-29-53-51(48)49)40-20-26-47(27-21-40)55(45-22-16-36(17-23-45)42-14-12-35-7-4-5-10-41(35)31-42)46-24-18-37(19-25-46)43-15-13-38-28-30-52-34-44(38)32-43/h1-34H. The molecule has 0 saturated carbocycles. The van der Waals surface area contributed by atoms with Crippen LogP contribution in [0.2, 0.25) is 0 Å². The van der Waals surface area contributed by atoms with Crippen LogP contribution in [-0.4, -0.2) is 15.0 Å². The highest BCUT2D eigenvalue weighted by Crippen LogP contribution is 2.39. The molecule has 0 atom stereocenters. The molecule has 10 aromatic rings. The second-order valence-electron chi connectivity index (χ2n) is 13.8. The summed E-state index contributed by atoms with van der Waals surface area (Å²) in [4.78, 5) is 16.4. The molecule has 0 radical (unpaired) electrons. The van der Waals surface area contributed by atoms with Gasteiger partial charge in [-0.2, -0.15) is 0 Å². The molecule has 258 valence electrons. The fourth-order valence-electron chi connectivity index (χ4n) is 7.52. The van der Waals surface area contributed by atoms with Gasteiger partial charge < -0.3 is 4.90 Å². The highest BCUT2D eigenvalue weighted by molar-refractivity contribution is 5.94. The summed E-state index contributed by atoms with van der Waals surface area (Å²) in [6, 6.07) is 66.7. The Balaban J connectivity index is 1.03. The zero-order valence-electron chi connectivity index (χ0n) is 29.9. The van der Waals surface area contributed by atoms with E-state index in [1.807, 2.05) is 42.9 Å². The average Bonchev–Trinajstić information content (AvgIpc) is 3.27. The number of pyridine rings is 3. The fraction of sp³-hybridized carbons (Fsp3) is 0. The lowest BCUT2D eigenvalue weighted by molar-refractivity contribution is 1.28. The third-order valence-corrected chi connectivity index (χ3v) is 10.4. The molecule has 7 aromatic carbocycles. The lowest BCUT2D eigenvalue weighted by Crippen LogP contribution is -2.09. The van der Waals surface area contributed by atoms with Crippen LogP contribution in [0.25, 0.3) is 77.2 Å². The zero-order chi connectivity index (χ0) is 36.6. The molecular weight excluding hydrogens is 669 g/mol. The lowest BCUT2D eigenvalue weighted by atomic mass is 10.00. The molecule has 0 amide bonds. The molecule has 4 heteroatoms. The largest absolute Gasteiger partial charge is 0.311 e. The molecule has 3 aromatic heterocycles. The minimum absolute atomic E-state index is 0.874. The Morgan fingerprint density at radius 2 is 0.927 bits per heavy atom. The number of hydrogen-bond acceptors (Lipinski definition) is 4. The van der Waals surface area contributed by atoms with Crippen molar-refractivity contribution >= 4 is 49.6 Å². The molecule has 55 heavy (non-hydrogen) atoms. The van der Waals surface area contributed by atoms with Crippen molar-refractivity contribution in [2.45, 2.75) is 0 Å². The second kappa shape index (κ2) is 13.8. The van der Waals surface area contributed by atoms with Crippen molar-refractivity contribution in [1.29, 1.82) is 0 Å². The van der Waals surface area contributed by atoms with E-state index in [-0.39, 0.29) is 0 Å². The molecule has 0 saturated heterocycles. The number of nitrogens with zero attached hydrogens (tertiary/aromatic N) is 4. The maximum Gasteiger partial charge on any atom is 0.0965 e. The molecule has 0 aliphatic rings. The van der Waals surface area contributed by atoms with Crippen molar-refractivity contribution in [3.8, 4) is 44.6 Å². The molecule has 0 bridgehead atoms. The van der Waals surface area contributed by atoms with Gasteiger partial charge in [0.2, 0.25) is 0 Å². The van der Waals surface area contributed by atoms with E-state index in [4.69, 9.17) is 9.97 Å². The summed E-state index contributed by atoms with van der Waals surface area (Å²) in [6.45, 7) is 0. The number of aromatic nitrogens is 3. The monoisotopic (exact) mass is 702 g/mol. The first-order chi connectivity index (χ1) is 27.2. The molecule has 0 fully saturated rings. The van der Waals surface area contributed by atoms with E-state index in [0.717, 1.165) is 67.0 Å². The van der Waals surface area contributed by atoms with Gasteiger partial charge in [0.25, 0.3) is 0 Å². The van der Waals surface area contributed by atoms with Gasteiger partial charge in [-0.1, -0.05) is 115 Å². The van der Waals surface area contributed by atoms with E-state index in [2.05, 4.69) is 174 Å². The van der Waals surface area contributed by atoms with Crippen LogP contribution in [0.4, 0.5) is 17.1 Å². The topological polar surface area (TPSA) is 41.9 Å². The van der Waals surface area contributed by atoms with Gasteiger partial charge in [-0.05, 0) is 117 Å². The fourth-order valence-corrected chi connectivity index (χ4v) is 7.52. The quantitative estimate of drug-likeness (QED) is 0.166. The van der Waals surface area contributed by atoms with Crippen LogP contribution in [0.3, 0.4) is 0 Å². The van der Waals surface area contributed by atoms with Crippen molar-refractivity contribution in [3.05, 3.63) is 207 Å². The third kappa shape index (κ3) is 6.26. The van der Waals surface area contributed by atoms with Crippen LogP contribution in [-0.2, 0) is 0 Å². The average molecular weight is 703 g/mol. The van der Waals surface area contributed by atoms with E-state index in [9.17, 15) is 0 Å². The molecule has 0 spiro atoms. The van der Waals surface area contributed by atoms with E-state index in [0.29, 0.717) is 0 Å². The van der Waals surface area contributed by atoms with E-state index in [1.54, 1.807) is 0 Å². The Morgan fingerprint density at radius 3 is 1.60 bits per heavy atom. The number of fused-ring (bicyclic) bond motifs is 3. The maximum absolute atomic E-state index is 5.06. The van der Waals surface area contributed by atoms with Gasteiger partial charge in [0.05, 0.1) is 16.7 Å². The minimum atomic E-state index is 0.874. The number of anilines is 3. The highest BCUT2D eigenvalue weighted by atomic mass is 15.1. The molecule has 0 N–H and O–H groups in total. The zero-order valence-corrected chi connectivity index (χ0v) is 29.9. The Morgan fingerprint density at radius 1 is 0.364 bits per heavy atom. The van der Waals surface area contributed by atoms with Gasteiger partial charge in [-0.25, -0.2) is 4.98 Å². The first-order valence-electron chi connectivity index (χ1n) is 18.5. The van der Waals surface area contributed by atoms with E-state index < -0.39 is 0 Å². The summed E-state index contributed by atoms with van der Waals surface area (Å²) in [5.41, 5.74) is 13.8. The molecule has 3 heterocycles. The van der Waals surface area contributed by atoms with Crippen molar-refractivity contribution in [2.24, 2.45) is 0 Å². The van der Waals surface area contributed by atoms with E-state index >= 15 is 0 Å². The predicted molar refractivity (Wildman–Crippen MR) is 229 cm³/mol. The highest BCUT2D eigenvalue weighted by Gasteiger charge is 2.16. The number of hydrogen-bond donors (Lipinski definition) is 0. The van der Waals surface area contributed by atoms with Crippen LogP contribution < -0.4 is 4.90 Å². The van der Waals surface area contributed by atoms with E-state index in [1.165, 1.54) is 27.3 Å². The molecule has 10 rings (SSSR count). The van der Waals surface area contributed by atoms with Crippen molar-refractivity contribution in [1.82, 2.24) is 15.0 Å². The summed E-state index contributed by atoms with van der Waals surface area (Å²) >= 11 is 0. The first kappa shape index (κ1) is 32.2. The summed E-state index contributed by atoms with van der Waals surface area (Å²) in [7, 11) is 0. The lowest BCUT2D eigenvalue weighted by Gasteiger charge is -2.26. The van der Waals surface area contributed by atoms with Crippen molar-refractivity contribution in [2.75, 3.05) is 4.90 Å². The summed E-state index contributed by atoms with van der Waals surface area (Å²) in [5.74, 6) is 0. The van der Waals surface area contributed by atoms with Crippen molar-refractivity contribution in [3.63, 3.8) is 0 Å². The third-order valence-electron chi connectivity index (χ3n) is 10.4.